The molecule has 162 valence electrons. The number of aromatic nitrogens is 1. The molecule has 2 aliphatic rings. The van der Waals surface area contributed by atoms with Crippen molar-refractivity contribution in [3.8, 4) is 5.75 Å². The van der Waals surface area contributed by atoms with Crippen LogP contribution in [0.4, 0.5) is 0 Å². The molecular formula is C28H34N2O. The van der Waals surface area contributed by atoms with E-state index in [9.17, 15) is 0 Å². The zero-order valence-electron chi connectivity index (χ0n) is 18.6. The van der Waals surface area contributed by atoms with Gasteiger partial charge in [-0.05, 0) is 79.3 Å². The lowest BCUT2D eigenvalue weighted by molar-refractivity contribution is 0.309. The van der Waals surface area contributed by atoms with Crippen LogP contribution in [-0.4, -0.2) is 24.2 Å². The van der Waals surface area contributed by atoms with Crippen LogP contribution in [0, 0.1) is 5.92 Å². The fraction of sp³-hybridized carbons (Fsp3) is 0.429. The van der Waals surface area contributed by atoms with Gasteiger partial charge in [0, 0.05) is 29.2 Å². The number of hydrogen-bond acceptors (Lipinski definition) is 2. The molecule has 0 saturated heterocycles. The minimum atomic E-state index is 0.567. The maximum Gasteiger partial charge on any atom is 0.119 e. The molecule has 3 heteroatoms. The Morgan fingerprint density at radius 1 is 1.03 bits per heavy atom. The van der Waals surface area contributed by atoms with Crippen LogP contribution >= 0.6 is 0 Å². The van der Waals surface area contributed by atoms with Crippen LogP contribution < -0.4 is 10.1 Å². The number of rotatable bonds is 7. The molecule has 5 rings (SSSR count). The van der Waals surface area contributed by atoms with Crippen LogP contribution in [0.15, 0.2) is 54.6 Å². The minimum absolute atomic E-state index is 0.567. The highest BCUT2D eigenvalue weighted by molar-refractivity contribution is 5.84. The van der Waals surface area contributed by atoms with Crippen LogP contribution in [0.2, 0.25) is 0 Å². The Bertz CT molecular complexity index is 1050. The first kappa shape index (κ1) is 20.4. The maximum atomic E-state index is 5.83. The van der Waals surface area contributed by atoms with Gasteiger partial charge in [-0.25, -0.2) is 0 Å². The summed E-state index contributed by atoms with van der Waals surface area (Å²) < 4.78 is 5.83. The summed E-state index contributed by atoms with van der Waals surface area (Å²) in [6, 6.07) is 18.1. The lowest BCUT2D eigenvalue weighted by Crippen LogP contribution is -2.35. The largest absolute Gasteiger partial charge is 0.494 e. The number of aryl methyl sites for hydroxylation is 1. The Morgan fingerprint density at radius 3 is 2.77 bits per heavy atom. The number of unbranched alkanes of at least 4 members (excludes halogenated alkanes) is 1. The van der Waals surface area contributed by atoms with Gasteiger partial charge in [-0.1, -0.05) is 49.8 Å². The summed E-state index contributed by atoms with van der Waals surface area (Å²) in [4.78, 5) is 3.65. The monoisotopic (exact) mass is 414 g/mol. The molecule has 0 fully saturated rings. The Labute approximate surface area is 185 Å². The quantitative estimate of drug-likeness (QED) is 0.446. The molecule has 0 amide bonds. The van der Waals surface area contributed by atoms with E-state index in [1.807, 2.05) is 0 Å². The van der Waals surface area contributed by atoms with E-state index in [-0.39, 0.29) is 0 Å². The van der Waals surface area contributed by atoms with Gasteiger partial charge in [-0.15, -0.1) is 0 Å². The maximum absolute atomic E-state index is 5.83. The molecule has 3 nitrogen and oxygen atoms in total. The fourth-order valence-corrected chi connectivity index (χ4v) is 5.32. The van der Waals surface area contributed by atoms with Gasteiger partial charge in [-0.3, -0.25) is 0 Å². The van der Waals surface area contributed by atoms with Crippen LogP contribution in [0.3, 0.4) is 0 Å². The van der Waals surface area contributed by atoms with E-state index >= 15 is 0 Å². The lowest BCUT2D eigenvalue weighted by Gasteiger charge is -2.30. The topological polar surface area (TPSA) is 37.0 Å². The number of benzene rings is 2. The van der Waals surface area contributed by atoms with Gasteiger partial charge in [0.2, 0.25) is 0 Å². The van der Waals surface area contributed by atoms with E-state index in [4.69, 9.17) is 4.74 Å². The van der Waals surface area contributed by atoms with E-state index in [1.54, 1.807) is 5.56 Å². The van der Waals surface area contributed by atoms with E-state index in [0.29, 0.717) is 6.04 Å². The van der Waals surface area contributed by atoms with Crippen molar-refractivity contribution in [1.82, 2.24) is 10.3 Å². The summed E-state index contributed by atoms with van der Waals surface area (Å²) >= 11 is 0. The van der Waals surface area contributed by atoms with Crippen LogP contribution in [-0.2, 0) is 12.8 Å². The molecule has 2 atom stereocenters. The van der Waals surface area contributed by atoms with Gasteiger partial charge < -0.3 is 15.0 Å². The molecule has 2 N–H and O–H groups in total. The van der Waals surface area contributed by atoms with Crippen molar-refractivity contribution < 1.29 is 4.74 Å². The molecule has 0 radical (unpaired) electrons. The Morgan fingerprint density at radius 2 is 1.90 bits per heavy atom. The molecule has 3 aromatic rings. The second-order valence-corrected chi connectivity index (χ2v) is 9.24. The molecule has 1 aliphatic carbocycles. The summed E-state index contributed by atoms with van der Waals surface area (Å²) in [7, 11) is 0. The third-order valence-electron chi connectivity index (χ3n) is 7.03. The molecular weight excluding hydrogens is 380 g/mol. The SMILES string of the molecule is CCCCOc1ccc(C2=CCNC(CC3CCc4[nH]c5ccccc5c4C3)C2)cc1. The van der Waals surface area contributed by atoms with Crippen molar-refractivity contribution in [2.24, 2.45) is 5.92 Å². The van der Waals surface area contributed by atoms with Crippen molar-refractivity contribution >= 4 is 16.5 Å². The molecule has 2 aromatic carbocycles. The van der Waals surface area contributed by atoms with Crippen molar-refractivity contribution in [1.29, 1.82) is 0 Å². The second kappa shape index (κ2) is 9.32. The molecule has 1 aromatic heterocycles. The van der Waals surface area contributed by atoms with Gasteiger partial charge in [0.25, 0.3) is 0 Å². The molecule has 0 saturated carbocycles. The number of H-pyrrole nitrogens is 1. The van der Waals surface area contributed by atoms with Gasteiger partial charge in [0.05, 0.1) is 6.61 Å². The van der Waals surface area contributed by atoms with Crippen molar-refractivity contribution in [3.05, 3.63) is 71.4 Å². The molecule has 1 aliphatic heterocycles. The van der Waals surface area contributed by atoms with Crippen molar-refractivity contribution in [2.45, 2.75) is 57.9 Å². The fourth-order valence-electron chi connectivity index (χ4n) is 5.32. The van der Waals surface area contributed by atoms with Crippen LogP contribution in [0.5, 0.6) is 5.75 Å². The summed E-state index contributed by atoms with van der Waals surface area (Å²) in [6.45, 7) is 3.98. The zero-order chi connectivity index (χ0) is 21.0. The van der Waals surface area contributed by atoms with Crippen molar-refractivity contribution in [3.63, 3.8) is 0 Å². The lowest BCUT2D eigenvalue weighted by atomic mass is 9.80. The van der Waals surface area contributed by atoms with E-state index in [2.05, 4.69) is 71.8 Å². The molecule has 0 bridgehead atoms. The molecule has 2 heterocycles. The van der Waals surface area contributed by atoms with Crippen LogP contribution in [0.25, 0.3) is 16.5 Å². The number of hydrogen-bond donors (Lipinski definition) is 2. The van der Waals surface area contributed by atoms with E-state index in [1.165, 1.54) is 59.8 Å². The average Bonchev–Trinajstić information content (AvgIpc) is 3.18. The third-order valence-corrected chi connectivity index (χ3v) is 7.03. The van der Waals surface area contributed by atoms with Gasteiger partial charge in [0.1, 0.15) is 5.75 Å². The van der Waals surface area contributed by atoms with E-state index < -0.39 is 0 Å². The standard InChI is InChI=1S/C28H34N2O/c1-2-3-16-31-24-11-9-21(10-12-24)22-14-15-29-23(19-22)17-20-8-13-28-26(18-20)25-6-4-5-7-27(25)30-28/h4-7,9-12,14,20,23,29-30H,2-3,8,13,15-19H2,1H3. The summed E-state index contributed by atoms with van der Waals surface area (Å²) in [5.41, 5.74) is 7.16. The number of ether oxygens (including phenoxy) is 1. The molecule has 31 heavy (non-hydrogen) atoms. The zero-order valence-corrected chi connectivity index (χ0v) is 18.6. The molecule has 2 unspecified atom stereocenters. The highest BCUT2D eigenvalue weighted by atomic mass is 16.5. The minimum Gasteiger partial charge on any atom is -0.494 e. The highest BCUT2D eigenvalue weighted by Gasteiger charge is 2.26. The highest BCUT2D eigenvalue weighted by Crippen LogP contribution is 2.35. The van der Waals surface area contributed by atoms with Gasteiger partial charge in [0.15, 0.2) is 0 Å². The summed E-state index contributed by atoms with van der Waals surface area (Å²) in [5.74, 6) is 1.75. The second-order valence-electron chi connectivity index (χ2n) is 9.24. The first-order valence-electron chi connectivity index (χ1n) is 12.0. The first-order chi connectivity index (χ1) is 15.3. The van der Waals surface area contributed by atoms with Gasteiger partial charge >= 0.3 is 0 Å². The average molecular weight is 415 g/mol. The third kappa shape index (κ3) is 4.57. The number of fused-ring (bicyclic) bond motifs is 3. The Balaban J connectivity index is 1.20. The summed E-state index contributed by atoms with van der Waals surface area (Å²) in [5, 5.41) is 5.19. The summed E-state index contributed by atoms with van der Waals surface area (Å²) in [6.07, 6.45) is 10.7. The number of nitrogens with one attached hydrogen (secondary N) is 2. The first-order valence-corrected chi connectivity index (χ1v) is 12.0. The Hall–Kier alpha value is -2.52. The van der Waals surface area contributed by atoms with Crippen LogP contribution in [0.1, 0.15) is 55.8 Å². The Kier molecular flexibility index (Phi) is 6.13. The number of aromatic amines is 1. The van der Waals surface area contributed by atoms with E-state index in [0.717, 1.165) is 37.7 Å². The smallest absolute Gasteiger partial charge is 0.119 e. The predicted molar refractivity (Wildman–Crippen MR) is 130 cm³/mol. The van der Waals surface area contributed by atoms with Gasteiger partial charge in [-0.2, -0.15) is 0 Å². The van der Waals surface area contributed by atoms with Crippen molar-refractivity contribution in [2.75, 3.05) is 13.2 Å². The number of para-hydroxylation sites is 1. The normalized spacial score (nSPS) is 21.0. The molecule has 0 spiro atoms. The predicted octanol–water partition coefficient (Wildman–Crippen LogP) is 6.29.